The maximum atomic E-state index is 2.39. The molecule has 0 N–H and O–H groups in total. The van der Waals surface area contributed by atoms with Gasteiger partial charge in [0.25, 0.3) is 0 Å². The molecule has 0 radical (unpaired) electrons. The van der Waals surface area contributed by atoms with Crippen molar-refractivity contribution in [2.75, 3.05) is 11.9 Å². The van der Waals surface area contributed by atoms with E-state index in [1.54, 1.807) is 0 Å². The smallest absolute Gasteiger partial charge is 0.0547 e. The van der Waals surface area contributed by atoms with Gasteiger partial charge in [0.15, 0.2) is 0 Å². The Kier molecular flexibility index (Phi) is 5.04. The van der Waals surface area contributed by atoms with Crippen LogP contribution in [-0.2, 0) is 0 Å². The third-order valence-corrected chi connectivity index (χ3v) is 7.42. The van der Waals surface area contributed by atoms with Gasteiger partial charge in [0.1, 0.15) is 0 Å². The highest BCUT2D eigenvalue weighted by Crippen LogP contribution is 2.37. The van der Waals surface area contributed by atoms with Crippen molar-refractivity contribution in [2.24, 2.45) is 0 Å². The predicted molar refractivity (Wildman–Crippen MR) is 158 cm³/mol. The summed E-state index contributed by atoms with van der Waals surface area (Å²) in [6.45, 7) is 0. The van der Waals surface area contributed by atoms with Crippen molar-refractivity contribution in [1.82, 2.24) is 4.57 Å². The summed E-state index contributed by atoms with van der Waals surface area (Å²) in [6.07, 6.45) is 0. The number of hydrogen-bond donors (Lipinski definition) is 0. The zero-order chi connectivity index (χ0) is 24.8. The lowest BCUT2D eigenvalue weighted by Gasteiger charge is -2.19. The minimum Gasteiger partial charge on any atom is -0.345 e. The van der Waals surface area contributed by atoms with Crippen LogP contribution in [0.2, 0.25) is 0 Å². The van der Waals surface area contributed by atoms with Gasteiger partial charge < -0.3 is 9.47 Å². The molecular formula is C35H26N2. The van der Waals surface area contributed by atoms with Gasteiger partial charge in [0, 0.05) is 34.9 Å². The lowest BCUT2D eigenvalue weighted by atomic mass is 10.0. The van der Waals surface area contributed by atoms with Crippen molar-refractivity contribution in [2.45, 2.75) is 0 Å². The largest absolute Gasteiger partial charge is 0.345 e. The minimum atomic E-state index is 1.17. The summed E-state index contributed by atoms with van der Waals surface area (Å²) < 4.78 is 2.39. The fourth-order valence-electron chi connectivity index (χ4n) is 5.50. The Bertz CT molecular complexity index is 1860. The van der Waals surface area contributed by atoms with Gasteiger partial charge >= 0.3 is 0 Å². The molecule has 0 aliphatic heterocycles. The third kappa shape index (κ3) is 3.57. The summed E-state index contributed by atoms with van der Waals surface area (Å²) in [6, 6.07) is 50.0. The summed E-state index contributed by atoms with van der Waals surface area (Å²) >= 11 is 0. The van der Waals surface area contributed by atoms with Crippen LogP contribution in [0.1, 0.15) is 0 Å². The number of hydrogen-bond acceptors (Lipinski definition) is 1. The van der Waals surface area contributed by atoms with E-state index >= 15 is 0 Å². The van der Waals surface area contributed by atoms with Gasteiger partial charge in [-0.25, -0.2) is 0 Å². The first-order valence-electron chi connectivity index (χ1n) is 12.7. The molecule has 0 unspecified atom stereocenters. The van der Waals surface area contributed by atoms with E-state index in [9.17, 15) is 0 Å². The van der Waals surface area contributed by atoms with E-state index in [4.69, 9.17) is 0 Å². The van der Waals surface area contributed by atoms with Crippen molar-refractivity contribution in [1.29, 1.82) is 0 Å². The molecule has 7 rings (SSSR count). The molecule has 2 nitrogen and oxygen atoms in total. The molecule has 0 aliphatic rings. The Labute approximate surface area is 216 Å². The van der Waals surface area contributed by atoms with E-state index in [0.29, 0.717) is 0 Å². The number of fused-ring (bicyclic) bond motifs is 5. The van der Waals surface area contributed by atoms with Crippen LogP contribution in [0.5, 0.6) is 0 Å². The first-order chi connectivity index (χ1) is 18.3. The number of para-hydroxylation sites is 2. The monoisotopic (exact) mass is 474 g/mol. The normalized spacial score (nSPS) is 11.4. The number of nitrogens with zero attached hydrogens (tertiary/aromatic N) is 2. The molecule has 1 heterocycles. The molecule has 0 saturated carbocycles. The molecular weight excluding hydrogens is 448 g/mol. The van der Waals surface area contributed by atoms with Crippen molar-refractivity contribution in [3.63, 3.8) is 0 Å². The number of rotatable bonds is 4. The van der Waals surface area contributed by atoms with Gasteiger partial charge in [-0.15, -0.1) is 0 Å². The molecule has 1 aromatic heterocycles. The van der Waals surface area contributed by atoms with Crippen LogP contribution in [0.3, 0.4) is 0 Å². The second-order valence-corrected chi connectivity index (χ2v) is 9.52. The summed E-state index contributed by atoms with van der Waals surface area (Å²) in [5.74, 6) is 0. The van der Waals surface area contributed by atoms with Gasteiger partial charge in [-0.05, 0) is 70.4 Å². The standard InChI is InChI=1S/C35H26N2/c1-36(28-10-3-2-4-11-28)29-20-15-25(16-21-29)26-17-22-30(23-18-26)37-33-14-8-7-13-32(33)35-31-12-6-5-9-27(31)19-24-34(35)37/h2-24H,1H3. The summed E-state index contributed by atoms with van der Waals surface area (Å²) in [4.78, 5) is 2.21. The fraction of sp³-hybridized carbons (Fsp3) is 0.0286. The summed E-state index contributed by atoms with van der Waals surface area (Å²) in [7, 11) is 2.11. The van der Waals surface area contributed by atoms with E-state index < -0.39 is 0 Å². The van der Waals surface area contributed by atoms with Gasteiger partial charge in [0.2, 0.25) is 0 Å². The van der Waals surface area contributed by atoms with E-state index in [0.717, 1.165) is 0 Å². The molecule has 0 amide bonds. The molecule has 0 atom stereocenters. The Morgan fingerprint density at radius 3 is 1.81 bits per heavy atom. The van der Waals surface area contributed by atoms with Crippen LogP contribution in [0.25, 0.3) is 49.4 Å². The minimum absolute atomic E-state index is 1.17. The lowest BCUT2D eigenvalue weighted by molar-refractivity contribution is 1.18. The molecule has 0 spiro atoms. The first-order valence-corrected chi connectivity index (χ1v) is 12.7. The molecule has 37 heavy (non-hydrogen) atoms. The average molecular weight is 475 g/mol. The second kappa shape index (κ2) is 8.69. The van der Waals surface area contributed by atoms with Crippen LogP contribution in [0.15, 0.2) is 140 Å². The Morgan fingerprint density at radius 2 is 1.05 bits per heavy atom. The number of anilines is 2. The van der Waals surface area contributed by atoms with E-state index in [2.05, 4.69) is 150 Å². The molecule has 0 aliphatic carbocycles. The van der Waals surface area contributed by atoms with Crippen LogP contribution < -0.4 is 4.90 Å². The molecule has 7 aromatic rings. The van der Waals surface area contributed by atoms with Gasteiger partial charge in [-0.3, -0.25) is 0 Å². The van der Waals surface area contributed by atoms with Crippen LogP contribution >= 0.6 is 0 Å². The van der Waals surface area contributed by atoms with E-state index in [1.807, 2.05) is 6.07 Å². The van der Waals surface area contributed by atoms with Crippen molar-refractivity contribution >= 4 is 44.0 Å². The molecule has 6 aromatic carbocycles. The Morgan fingerprint density at radius 1 is 0.459 bits per heavy atom. The summed E-state index contributed by atoms with van der Waals surface area (Å²) in [5, 5.41) is 5.18. The quantitative estimate of drug-likeness (QED) is 0.247. The molecule has 0 bridgehead atoms. The average Bonchev–Trinajstić information content (AvgIpc) is 3.32. The van der Waals surface area contributed by atoms with E-state index in [1.165, 1.54) is 60.8 Å². The zero-order valence-electron chi connectivity index (χ0n) is 20.7. The highest BCUT2D eigenvalue weighted by molar-refractivity contribution is 6.21. The SMILES string of the molecule is CN(c1ccccc1)c1ccc(-c2ccc(-n3c4ccccc4c4c5ccccc5ccc43)cc2)cc1. The zero-order valence-corrected chi connectivity index (χ0v) is 20.7. The number of benzene rings is 6. The van der Waals surface area contributed by atoms with Crippen LogP contribution in [-0.4, -0.2) is 11.6 Å². The highest BCUT2D eigenvalue weighted by Gasteiger charge is 2.14. The van der Waals surface area contributed by atoms with Gasteiger partial charge in [-0.1, -0.05) is 91.0 Å². The van der Waals surface area contributed by atoms with Gasteiger partial charge in [-0.2, -0.15) is 0 Å². The van der Waals surface area contributed by atoms with Crippen molar-refractivity contribution < 1.29 is 0 Å². The molecule has 2 heteroatoms. The topological polar surface area (TPSA) is 8.17 Å². The van der Waals surface area contributed by atoms with Crippen LogP contribution in [0, 0.1) is 0 Å². The Hall–Kier alpha value is -4.82. The fourth-order valence-corrected chi connectivity index (χ4v) is 5.50. The molecule has 0 fully saturated rings. The molecule has 0 saturated heterocycles. The maximum Gasteiger partial charge on any atom is 0.0547 e. The number of aromatic nitrogens is 1. The summed E-state index contributed by atoms with van der Waals surface area (Å²) in [5.41, 5.74) is 8.41. The second-order valence-electron chi connectivity index (χ2n) is 9.52. The van der Waals surface area contributed by atoms with E-state index in [-0.39, 0.29) is 0 Å². The maximum absolute atomic E-state index is 2.39. The lowest BCUT2D eigenvalue weighted by Crippen LogP contribution is -2.08. The van der Waals surface area contributed by atoms with Crippen molar-refractivity contribution in [3.8, 4) is 16.8 Å². The van der Waals surface area contributed by atoms with Crippen LogP contribution in [0.4, 0.5) is 11.4 Å². The molecule has 176 valence electrons. The third-order valence-electron chi connectivity index (χ3n) is 7.42. The van der Waals surface area contributed by atoms with Crippen molar-refractivity contribution in [3.05, 3.63) is 140 Å². The predicted octanol–water partition coefficient (Wildman–Crippen LogP) is 9.37. The van der Waals surface area contributed by atoms with Gasteiger partial charge in [0.05, 0.1) is 11.0 Å². The first kappa shape index (κ1) is 21.5. The Balaban J connectivity index is 1.28. The highest BCUT2D eigenvalue weighted by atomic mass is 15.1.